The van der Waals surface area contributed by atoms with Crippen LogP contribution in [0.5, 0.6) is 0 Å². The summed E-state index contributed by atoms with van der Waals surface area (Å²) in [5.74, 6) is 1.55. The van der Waals surface area contributed by atoms with Crippen molar-refractivity contribution < 1.29 is 0 Å². The summed E-state index contributed by atoms with van der Waals surface area (Å²) in [6.45, 7) is 0. The fourth-order valence-corrected chi connectivity index (χ4v) is 9.23. The molecule has 0 aliphatic rings. The van der Waals surface area contributed by atoms with E-state index in [1.54, 1.807) is 0 Å². The molecule has 0 N–H and O–H groups in total. The number of hydrogen-bond acceptors (Lipinski definition) is 5. The van der Waals surface area contributed by atoms with Crippen LogP contribution in [0.4, 0.5) is 0 Å². The van der Waals surface area contributed by atoms with Crippen LogP contribution in [0.15, 0.2) is 262 Å². The summed E-state index contributed by atoms with van der Waals surface area (Å²) in [7, 11) is 0. The molecular weight excluding hydrogens is 855 g/mol. The molecule has 0 atom stereocenters. The second-order valence-corrected chi connectivity index (χ2v) is 17.0. The van der Waals surface area contributed by atoms with Crippen LogP contribution in [0.25, 0.3) is 112 Å². The third-order valence-electron chi connectivity index (χ3n) is 12.7. The van der Waals surface area contributed by atoms with Gasteiger partial charge in [0.2, 0.25) is 0 Å². The maximum absolute atomic E-state index is 5.13. The Morgan fingerprint density at radius 2 is 0.657 bits per heavy atom. The van der Waals surface area contributed by atoms with Gasteiger partial charge in [0.05, 0.1) is 40.9 Å². The standard InChI is InChI=1S/C63H43N7/c1-5-15-44(16-6-1)45-25-27-46(28-26-45)57-40-61(49-21-11-4-12-22-49)68-43-58(57)56-24-14-13-23-55(56)50-37-51(62-64-33-35-69(62)53-29-31-59(66-41-53)47-17-7-2-8-18-47)39-52(38-50)63-65-34-36-70(63)54-30-32-60(67-42-54)48-19-9-3-10-20-48/h1-43H. The Morgan fingerprint density at radius 1 is 0.243 bits per heavy atom. The van der Waals surface area contributed by atoms with Gasteiger partial charge in [0.1, 0.15) is 11.6 Å². The summed E-state index contributed by atoms with van der Waals surface area (Å²) >= 11 is 0. The maximum atomic E-state index is 5.13. The van der Waals surface area contributed by atoms with Gasteiger partial charge in [0, 0.05) is 64.4 Å². The molecule has 0 fully saturated rings. The molecule has 0 saturated heterocycles. The van der Waals surface area contributed by atoms with Crippen LogP contribution in [0.3, 0.4) is 0 Å². The van der Waals surface area contributed by atoms with Gasteiger partial charge in [0.25, 0.3) is 0 Å². The van der Waals surface area contributed by atoms with Crippen LogP contribution >= 0.6 is 0 Å². The minimum atomic E-state index is 0.773. The van der Waals surface area contributed by atoms with Gasteiger partial charge >= 0.3 is 0 Å². The molecule has 0 aliphatic heterocycles. The SMILES string of the molecule is c1ccc(-c2ccc(-c3cc(-c4ccccc4)ncc3-c3ccccc3-c3cc(-c4nccn4-c4ccc(-c5ccccc5)nc4)cc(-c4nccn4-c4ccc(-c5ccccc5)nc4)c3)cc2)cc1. The predicted octanol–water partition coefficient (Wildman–Crippen LogP) is 15.2. The summed E-state index contributed by atoms with van der Waals surface area (Å²) in [5, 5.41) is 0. The highest BCUT2D eigenvalue weighted by Crippen LogP contribution is 2.42. The van der Waals surface area contributed by atoms with E-state index in [0.29, 0.717) is 0 Å². The van der Waals surface area contributed by atoms with Crippen LogP contribution in [-0.2, 0) is 0 Å². The lowest BCUT2D eigenvalue weighted by molar-refractivity contribution is 1.04. The Balaban J connectivity index is 1.01. The second kappa shape index (κ2) is 18.6. The topological polar surface area (TPSA) is 74.3 Å². The third-order valence-corrected chi connectivity index (χ3v) is 12.7. The van der Waals surface area contributed by atoms with Crippen LogP contribution in [-0.4, -0.2) is 34.1 Å². The lowest BCUT2D eigenvalue weighted by atomic mass is 9.88. The molecule has 330 valence electrons. The zero-order chi connectivity index (χ0) is 46.6. The first-order valence-corrected chi connectivity index (χ1v) is 23.3. The molecule has 12 rings (SSSR count). The molecule has 12 aromatic rings. The Kier molecular flexibility index (Phi) is 11.1. The molecule has 0 radical (unpaired) electrons. The molecule has 7 nitrogen and oxygen atoms in total. The zero-order valence-corrected chi connectivity index (χ0v) is 38.0. The highest BCUT2D eigenvalue weighted by Gasteiger charge is 2.20. The second-order valence-electron chi connectivity index (χ2n) is 17.0. The third kappa shape index (κ3) is 8.29. The van der Waals surface area contributed by atoms with E-state index in [1.807, 2.05) is 85.8 Å². The first kappa shape index (κ1) is 41.8. The Hall–Kier alpha value is -9.59. The first-order chi connectivity index (χ1) is 34.7. The van der Waals surface area contributed by atoms with Gasteiger partial charge in [0.15, 0.2) is 0 Å². The van der Waals surface area contributed by atoms with Crippen molar-refractivity contribution in [1.29, 1.82) is 0 Å². The summed E-state index contributed by atoms with van der Waals surface area (Å²) in [6, 6.07) is 76.0. The minimum absolute atomic E-state index is 0.773. The van der Waals surface area contributed by atoms with Crippen LogP contribution in [0, 0.1) is 0 Å². The van der Waals surface area contributed by atoms with Crippen molar-refractivity contribution >= 4 is 0 Å². The molecule has 0 aliphatic carbocycles. The summed E-state index contributed by atoms with van der Waals surface area (Å²) in [6.07, 6.45) is 13.5. The Bertz CT molecular complexity index is 3580. The van der Waals surface area contributed by atoms with Crippen molar-refractivity contribution in [2.24, 2.45) is 0 Å². The first-order valence-electron chi connectivity index (χ1n) is 23.3. The van der Waals surface area contributed by atoms with Crippen molar-refractivity contribution in [3.63, 3.8) is 0 Å². The van der Waals surface area contributed by atoms with E-state index < -0.39 is 0 Å². The number of benzene rings is 7. The summed E-state index contributed by atoms with van der Waals surface area (Å²) < 4.78 is 4.19. The Morgan fingerprint density at radius 3 is 1.16 bits per heavy atom. The molecule has 0 bridgehead atoms. The van der Waals surface area contributed by atoms with Crippen molar-refractivity contribution in [3.05, 3.63) is 262 Å². The van der Waals surface area contributed by atoms with Crippen LogP contribution < -0.4 is 0 Å². The van der Waals surface area contributed by atoms with Crippen molar-refractivity contribution in [1.82, 2.24) is 34.1 Å². The molecule has 7 heteroatoms. The van der Waals surface area contributed by atoms with Gasteiger partial charge in [-0.1, -0.05) is 170 Å². The van der Waals surface area contributed by atoms with Crippen LogP contribution in [0.2, 0.25) is 0 Å². The molecule has 70 heavy (non-hydrogen) atoms. The fourth-order valence-electron chi connectivity index (χ4n) is 9.23. The monoisotopic (exact) mass is 897 g/mol. The number of imidazole rings is 2. The number of nitrogens with zero attached hydrogens (tertiary/aromatic N) is 7. The fraction of sp³-hybridized carbons (Fsp3) is 0. The van der Waals surface area contributed by atoms with Crippen molar-refractivity contribution in [3.8, 4) is 112 Å². The summed E-state index contributed by atoms with van der Waals surface area (Å²) in [5.41, 5.74) is 18.2. The smallest absolute Gasteiger partial charge is 0.144 e. The van der Waals surface area contributed by atoms with Crippen molar-refractivity contribution in [2.45, 2.75) is 0 Å². The molecule has 7 aromatic carbocycles. The normalized spacial score (nSPS) is 11.1. The number of pyridine rings is 3. The van der Waals surface area contributed by atoms with Gasteiger partial charge in [-0.05, 0) is 87.5 Å². The lowest BCUT2D eigenvalue weighted by Gasteiger charge is -2.18. The highest BCUT2D eigenvalue weighted by molar-refractivity contribution is 5.94. The Labute approximate surface area is 406 Å². The van der Waals surface area contributed by atoms with Gasteiger partial charge in [-0.15, -0.1) is 0 Å². The van der Waals surface area contributed by atoms with E-state index in [1.165, 1.54) is 5.56 Å². The molecule has 0 saturated carbocycles. The molecule has 0 unspecified atom stereocenters. The van der Waals surface area contributed by atoms with Crippen LogP contribution in [0.1, 0.15) is 0 Å². The van der Waals surface area contributed by atoms with E-state index in [0.717, 1.165) is 107 Å². The van der Waals surface area contributed by atoms with Gasteiger partial charge in [-0.3, -0.25) is 24.1 Å². The number of hydrogen-bond donors (Lipinski definition) is 0. The van der Waals surface area contributed by atoms with Crippen molar-refractivity contribution in [2.75, 3.05) is 0 Å². The van der Waals surface area contributed by atoms with E-state index in [4.69, 9.17) is 24.9 Å². The summed E-state index contributed by atoms with van der Waals surface area (Å²) in [4.78, 5) is 24.9. The van der Waals surface area contributed by atoms with E-state index >= 15 is 0 Å². The average molecular weight is 898 g/mol. The minimum Gasteiger partial charge on any atom is -0.298 e. The molecule has 0 amide bonds. The predicted molar refractivity (Wildman–Crippen MR) is 283 cm³/mol. The van der Waals surface area contributed by atoms with E-state index in [-0.39, 0.29) is 0 Å². The van der Waals surface area contributed by atoms with Gasteiger partial charge < -0.3 is 0 Å². The molecule has 5 aromatic heterocycles. The maximum Gasteiger partial charge on any atom is 0.144 e. The molecular formula is C63H43N7. The largest absolute Gasteiger partial charge is 0.298 e. The van der Waals surface area contributed by atoms with Gasteiger partial charge in [-0.25, -0.2) is 9.97 Å². The lowest BCUT2D eigenvalue weighted by Crippen LogP contribution is -2.01. The van der Waals surface area contributed by atoms with E-state index in [9.17, 15) is 0 Å². The molecule has 0 spiro atoms. The number of aromatic nitrogens is 7. The zero-order valence-electron chi connectivity index (χ0n) is 38.0. The van der Waals surface area contributed by atoms with E-state index in [2.05, 4.69) is 185 Å². The average Bonchev–Trinajstić information content (AvgIpc) is 4.16. The quantitative estimate of drug-likeness (QED) is 0.129. The number of rotatable bonds is 11. The highest BCUT2D eigenvalue weighted by atomic mass is 15.1. The van der Waals surface area contributed by atoms with Gasteiger partial charge in [-0.2, -0.15) is 0 Å². The molecule has 5 heterocycles.